The third-order valence-electron chi connectivity index (χ3n) is 4.03. The van der Waals surface area contributed by atoms with Crippen LogP contribution < -0.4 is 15.5 Å². The number of para-hydroxylation sites is 2. The summed E-state index contributed by atoms with van der Waals surface area (Å²) in [6, 6.07) is 6.82. The number of carbonyl (C=O) groups excluding carboxylic acids is 2. The topological polar surface area (TPSA) is 84.9 Å². The van der Waals surface area contributed by atoms with Gasteiger partial charge in [-0.05, 0) is 18.6 Å². The first-order valence-electron chi connectivity index (χ1n) is 8.43. The summed E-state index contributed by atoms with van der Waals surface area (Å²) >= 11 is 0. The summed E-state index contributed by atoms with van der Waals surface area (Å²) in [5.41, 5.74) is 0.817. The summed E-state index contributed by atoms with van der Waals surface area (Å²) in [7, 11) is 0. The van der Waals surface area contributed by atoms with Gasteiger partial charge in [0.05, 0.1) is 12.2 Å². The molecule has 3 amide bonds. The number of aromatic hydroxyl groups is 1. The molecule has 0 aromatic heterocycles. The molecule has 7 nitrogen and oxygen atoms in total. The number of rotatable bonds is 6. The Morgan fingerprint density at radius 2 is 1.88 bits per heavy atom. The SMILES string of the molecule is CCCCNC(=O)NC(=O)CN1CCN(c2ccccc2O)CC1. The molecular weight excluding hydrogens is 308 g/mol. The molecule has 1 aliphatic heterocycles. The summed E-state index contributed by atoms with van der Waals surface area (Å²) in [6.07, 6.45) is 1.89. The van der Waals surface area contributed by atoms with Crippen LogP contribution in [0.3, 0.4) is 0 Å². The van der Waals surface area contributed by atoms with Gasteiger partial charge in [0.25, 0.3) is 0 Å². The van der Waals surface area contributed by atoms with Crippen LogP contribution in [-0.2, 0) is 4.79 Å². The van der Waals surface area contributed by atoms with Gasteiger partial charge in [-0.2, -0.15) is 0 Å². The van der Waals surface area contributed by atoms with Crippen molar-refractivity contribution in [1.29, 1.82) is 0 Å². The lowest BCUT2D eigenvalue weighted by Crippen LogP contribution is -2.51. The van der Waals surface area contributed by atoms with Crippen LogP contribution in [0.15, 0.2) is 24.3 Å². The van der Waals surface area contributed by atoms with E-state index in [-0.39, 0.29) is 18.2 Å². The van der Waals surface area contributed by atoms with Crippen molar-refractivity contribution < 1.29 is 14.7 Å². The molecule has 1 fully saturated rings. The predicted octanol–water partition coefficient (Wildman–Crippen LogP) is 1.14. The van der Waals surface area contributed by atoms with Crippen molar-refractivity contribution in [2.75, 3.05) is 44.2 Å². The summed E-state index contributed by atoms with van der Waals surface area (Å²) < 4.78 is 0. The first-order valence-corrected chi connectivity index (χ1v) is 8.43. The van der Waals surface area contributed by atoms with E-state index >= 15 is 0 Å². The minimum absolute atomic E-state index is 0.204. The maximum atomic E-state index is 11.9. The van der Waals surface area contributed by atoms with Crippen molar-refractivity contribution in [3.63, 3.8) is 0 Å². The number of nitrogens with zero attached hydrogens (tertiary/aromatic N) is 2. The molecule has 1 aliphatic rings. The quantitative estimate of drug-likeness (QED) is 0.680. The lowest BCUT2D eigenvalue weighted by molar-refractivity contribution is -0.121. The highest BCUT2D eigenvalue weighted by atomic mass is 16.3. The number of benzene rings is 1. The van der Waals surface area contributed by atoms with E-state index in [2.05, 4.69) is 15.5 Å². The second-order valence-corrected chi connectivity index (χ2v) is 5.91. The third-order valence-corrected chi connectivity index (χ3v) is 4.03. The van der Waals surface area contributed by atoms with Gasteiger partial charge >= 0.3 is 6.03 Å². The lowest BCUT2D eigenvalue weighted by atomic mass is 10.2. The molecule has 24 heavy (non-hydrogen) atoms. The summed E-state index contributed by atoms with van der Waals surface area (Å²) in [5.74, 6) is -0.0209. The van der Waals surface area contributed by atoms with Crippen LogP contribution in [0.5, 0.6) is 5.75 Å². The number of phenolic OH excluding ortho intramolecular Hbond substituents is 1. The van der Waals surface area contributed by atoms with Gasteiger partial charge in [0.2, 0.25) is 5.91 Å². The Morgan fingerprint density at radius 1 is 1.17 bits per heavy atom. The fraction of sp³-hybridized carbons (Fsp3) is 0.529. The molecule has 0 atom stereocenters. The Bertz CT molecular complexity index is 557. The molecule has 0 aliphatic carbocycles. The fourth-order valence-corrected chi connectivity index (χ4v) is 2.67. The van der Waals surface area contributed by atoms with Crippen molar-refractivity contribution >= 4 is 17.6 Å². The molecule has 132 valence electrons. The lowest BCUT2D eigenvalue weighted by Gasteiger charge is -2.35. The van der Waals surface area contributed by atoms with E-state index in [1.54, 1.807) is 12.1 Å². The summed E-state index contributed by atoms with van der Waals surface area (Å²) in [4.78, 5) is 27.5. The highest BCUT2D eigenvalue weighted by molar-refractivity contribution is 5.95. The zero-order chi connectivity index (χ0) is 17.4. The van der Waals surface area contributed by atoms with Crippen molar-refractivity contribution in [2.45, 2.75) is 19.8 Å². The molecule has 0 unspecified atom stereocenters. The number of piperazine rings is 1. The Kier molecular flexibility index (Phi) is 6.87. The minimum atomic E-state index is -0.429. The number of anilines is 1. The van der Waals surface area contributed by atoms with Gasteiger partial charge in [0.15, 0.2) is 0 Å². The molecule has 0 spiro atoms. The van der Waals surface area contributed by atoms with Crippen molar-refractivity contribution in [3.8, 4) is 5.75 Å². The van der Waals surface area contributed by atoms with Crippen LogP contribution in [-0.4, -0.2) is 61.2 Å². The zero-order valence-electron chi connectivity index (χ0n) is 14.1. The van der Waals surface area contributed by atoms with Crippen molar-refractivity contribution in [1.82, 2.24) is 15.5 Å². The number of amides is 3. The number of imide groups is 1. The van der Waals surface area contributed by atoms with Gasteiger partial charge in [-0.3, -0.25) is 15.0 Å². The zero-order valence-corrected chi connectivity index (χ0v) is 14.1. The van der Waals surface area contributed by atoms with Gasteiger partial charge in [0, 0.05) is 32.7 Å². The fourth-order valence-electron chi connectivity index (χ4n) is 2.67. The molecule has 1 heterocycles. The minimum Gasteiger partial charge on any atom is -0.506 e. The van der Waals surface area contributed by atoms with Crippen LogP contribution in [0.1, 0.15) is 19.8 Å². The van der Waals surface area contributed by atoms with E-state index in [4.69, 9.17) is 0 Å². The highest BCUT2D eigenvalue weighted by Crippen LogP contribution is 2.26. The van der Waals surface area contributed by atoms with E-state index in [1.165, 1.54) is 0 Å². The number of phenols is 1. The van der Waals surface area contributed by atoms with Crippen LogP contribution >= 0.6 is 0 Å². The highest BCUT2D eigenvalue weighted by Gasteiger charge is 2.21. The molecular formula is C17H26N4O3. The Balaban J connectivity index is 1.72. The van der Waals surface area contributed by atoms with Crippen LogP contribution in [0.2, 0.25) is 0 Å². The Hall–Kier alpha value is -2.28. The molecule has 0 radical (unpaired) electrons. The van der Waals surface area contributed by atoms with Crippen LogP contribution in [0, 0.1) is 0 Å². The molecule has 1 aromatic rings. The predicted molar refractivity (Wildman–Crippen MR) is 93.2 cm³/mol. The number of unbranched alkanes of at least 4 members (excludes halogenated alkanes) is 1. The van der Waals surface area contributed by atoms with E-state index in [9.17, 15) is 14.7 Å². The average molecular weight is 334 g/mol. The molecule has 0 saturated carbocycles. The van der Waals surface area contributed by atoms with Crippen LogP contribution in [0.4, 0.5) is 10.5 Å². The van der Waals surface area contributed by atoms with Gasteiger partial charge in [0.1, 0.15) is 5.75 Å². The normalized spacial score (nSPS) is 15.1. The Labute approximate surface area is 142 Å². The summed E-state index contributed by atoms with van der Waals surface area (Å²) in [5, 5.41) is 14.9. The number of nitrogens with one attached hydrogen (secondary N) is 2. The van der Waals surface area contributed by atoms with Gasteiger partial charge in [-0.1, -0.05) is 25.5 Å². The second kappa shape index (κ2) is 9.12. The van der Waals surface area contributed by atoms with Gasteiger partial charge in [-0.25, -0.2) is 4.79 Å². The number of urea groups is 1. The Morgan fingerprint density at radius 3 is 2.54 bits per heavy atom. The average Bonchev–Trinajstić information content (AvgIpc) is 2.56. The van der Waals surface area contributed by atoms with Gasteiger partial charge < -0.3 is 15.3 Å². The molecule has 1 aromatic carbocycles. The largest absolute Gasteiger partial charge is 0.506 e. The van der Waals surface area contributed by atoms with E-state index in [1.807, 2.05) is 24.0 Å². The van der Waals surface area contributed by atoms with Crippen molar-refractivity contribution in [3.05, 3.63) is 24.3 Å². The first kappa shape index (κ1) is 18.1. The van der Waals surface area contributed by atoms with E-state index in [0.717, 1.165) is 31.6 Å². The first-order chi connectivity index (χ1) is 11.6. The maximum Gasteiger partial charge on any atom is 0.321 e. The van der Waals surface area contributed by atoms with Crippen LogP contribution in [0.25, 0.3) is 0 Å². The van der Waals surface area contributed by atoms with E-state index in [0.29, 0.717) is 19.6 Å². The maximum absolute atomic E-state index is 11.9. The van der Waals surface area contributed by atoms with Gasteiger partial charge in [-0.15, -0.1) is 0 Å². The monoisotopic (exact) mass is 334 g/mol. The smallest absolute Gasteiger partial charge is 0.321 e. The summed E-state index contributed by atoms with van der Waals surface area (Å²) in [6.45, 7) is 5.70. The molecule has 7 heteroatoms. The molecule has 3 N–H and O–H groups in total. The second-order valence-electron chi connectivity index (χ2n) is 5.91. The number of carbonyl (C=O) groups is 2. The molecule has 1 saturated heterocycles. The van der Waals surface area contributed by atoms with Crippen molar-refractivity contribution in [2.24, 2.45) is 0 Å². The number of hydrogen-bond donors (Lipinski definition) is 3. The molecule has 2 rings (SSSR count). The standard InChI is InChI=1S/C17H26N4O3/c1-2-3-8-18-17(24)19-16(23)13-20-9-11-21(12-10-20)14-6-4-5-7-15(14)22/h4-7,22H,2-3,8-13H2,1H3,(H2,18,19,23,24). The van der Waals surface area contributed by atoms with E-state index < -0.39 is 6.03 Å². The molecule has 0 bridgehead atoms. The number of hydrogen-bond acceptors (Lipinski definition) is 5. The third kappa shape index (κ3) is 5.42.